The van der Waals surface area contributed by atoms with Crippen molar-refractivity contribution >= 4 is 17.4 Å². The first-order chi connectivity index (χ1) is 11.1. The summed E-state index contributed by atoms with van der Waals surface area (Å²) in [4.78, 5) is 12.4. The Morgan fingerprint density at radius 2 is 1.74 bits per heavy atom. The van der Waals surface area contributed by atoms with Gasteiger partial charge in [-0.05, 0) is 29.7 Å². The van der Waals surface area contributed by atoms with E-state index in [9.17, 15) is 4.79 Å². The Hall–Kier alpha value is -2.04. The fourth-order valence-corrected chi connectivity index (χ4v) is 2.64. The van der Waals surface area contributed by atoms with E-state index in [2.05, 4.69) is 0 Å². The van der Waals surface area contributed by atoms with Crippen molar-refractivity contribution in [1.82, 2.24) is 0 Å². The predicted octanol–water partition coefficient (Wildman–Crippen LogP) is 3.12. The highest BCUT2D eigenvalue weighted by Crippen LogP contribution is 2.29. The van der Waals surface area contributed by atoms with E-state index in [1.165, 1.54) is 0 Å². The van der Waals surface area contributed by atoms with Gasteiger partial charge in [-0.3, -0.25) is 4.79 Å². The van der Waals surface area contributed by atoms with E-state index < -0.39 is 11.4 Å². The zero-order chi connectivity index (χ0) is 16.8. The number of halogens is 1. The maximum absolute atomic E-state index is 12.4. The van der Waals surface area contributed by atoms with Crippen LogP contribution >= 0.6 is 11.6 Å². The summed E-state index contributed by atoms with van der Waals surface area (Å²) in [6.07, 6.45) is 0.384. The standard InChI is InChI=1S/C18H20ClNO3/c1-22-15-9-8-12(11-16(15)23-2)10-14(20)18(21)17(19)13-6-4-3-5-7-13/h3-9,11,14,17H,10,20H2,1-2H3. The molecule has 0 aliphatic carbocycles. The summed E-state index contributed by atoms with van der Waals surface area (Å²) in [6, 6.07) is 14.0. The highest BCUT2D eigenvalue weighted by atomic mass is 35.5. The molecule has 2 rings (SSSR count). The second-order valence-electron chi connectivity index (χ2n) is 5.18. The number of carbonyl (C=O) groups is 1. The summed E-state index contributed by atoms with van der Waals surface area (Å²) >= 11 is 6.25. The van der Waals surface area contributed by atoms with Gasteiger partial charge in [-0.1, -0.05) is 36.4 Å². The van der Waals surface area contributed by atoms with Crippen molar-refractivity contribution in [3.63, 3.8) is 0 Å². The molecular formula is C18H20ClNO3. The average molecular weight is 334 g/mol. The van der Waals surface area contributed by atoms with Gasteiger partial charge in [0.2, 0.25) is 0 Å². The molecule has 5 heteroatoms. The summed E-state index contributed by atoms with van der Waals surface area (Å²) in [7, 11) is 3.14. The maximum Gasteiger partial charge on any atom is 0.172 e. The van der Waals surface area contributed by atoms with Gasteiger partial charge in [-0.25, -0.2) is 0 Å². The number of ketones is 1. The molecule has 0 bridgehead atoms. The van der Waals surface area contributed by atoms with Gasteiger partial charge in [0.05, 0.1) is 20.3 Å². The molecule has 0 heterocycles. The molecule has 2 N–H and O–H groups in total. The van der Waals surface area contributed by atoms with Gasteiger partial charge in [0, 0.05) is 0 Å². The van der Waals surface area contributed by atoms with Crippen molar-refractivity contribution in [3.05, 3.63) is 59.7 Å². The number of rotatable bonds is 7. The predicted molar refractivity (Wildman–Crippen MR) is 91.3 cm³/mol. The van der Waals surface area contributed by atoms with Crippen molar-refractivity contribution in [1.29, 1.82) is 0 Å². The monoisotopic (exact) mass is 333 g/mol. The van der Waals surface area contributed by atoms with E-state index >= 15 is 0 Å². The van der Waals surface area contributed by atoms with Crippen LogP contribution < -0.4 is 15.2 Å². The summed E-state index contributed by atoms with van der Waals surface area (Å²) in [5, 5.41) is -0.744. The molecule has 2 aromatic carbocycles. The second-order valence-corrected chi connectivity index (χ2v) is 5.61. The van der Waals surface area contributed by atoms with E-state index in [-0.39, 0.29) is 5.78 Å². The number of methoxy groups -OCH3 is 2. The Morgan fingerprint density at radius 1 is 1.09 bits per heavy atom. The van der Waals surface area contributed by atoms with Crippen LogP contribution in [0.4, 0.5) is 0 Å². The molecule has 0 saturated carbocycles. The zero-order valence-electron chi connectivity index (χ0n) is 13.2. The van der Waals surface area contributed by atoms with Crippen molar-refractivity contribution in [2.24, 2.45) is 5.73 Å². The Bertz CT molecular complexity index is 661. The zero-order valence-corrected chi connectivity index (χ0v) is 13.9. The Kier molecular flexibility index (Phi) is 6.02. The number of hydrogen-bond donors (Lipinski definition) is 1. The third-order valence-electron chi connectivity index (χ3n) is 3.61. The van der Waals surface area contributed by atoms with Gasteiger partial charge in [0.15, 0.2) is 17.3 Å². The van der Waals surface area contributed by atoms with Crippen molar-refractivity contribution in [3.8, 4) is 11.5 Å². The molecule has 0 saturated heterocycles. The minimum Gasteiger partial charge on any atom is -0.493 e. The van der Waals surface area contributed by atoms with Crippen LogP contribution in [0.5, 0.6) is 11.5 Å². The fourth-order valence-electron chi connectivity index (χ4n) is 2.34. The molecule has 0 aliphatic rings. The summed E-state index contributed by atoms with van der Waals surface area (Å²) in [5.74, 6) is 1.04. The second kappa shape index (κ2) is 7.99. The van der Waals surface area contributed by atoms with E-state index in [1.54, 1.807) is 20.3 Å². The van der Waals surface area contributed by atoms with Crippen LogP contribution in [0.2, 0.25) is 0 Å². The number of benzene rings is 2. The lowest BCUT2D eigenvalue weighted by Crippen LogP contribution is -2.35. The minimum absolute atomic E-state index is 0.201. The van der Waals surface area contributed by atoms with E-state index in [0.29, 0.717) is 17.9 Å². The average Bonchev–Trinajstić information content (AvgIpc) is 2.60. The van der Waals surface area contributed by atoms with Crippen LogP contribution in [0.3, 0.4) is 0 Å². The number of carbonyl (C=O) groups excluding carboxylic acids is 1. The Morgan fingerprint density at radius 3 is 2.35 bits per heavy atom. The third kappa shape index (κ3) is 4.24. The molecule has 2 unspecified atom stereocenters. The summed E-state index contributed by atoms with van der Waals surface area (Å²) < 4.78 is 10.5. The van der Waals surface area contributed by atoms with Crippen LogP contribution in [0.25, 0.3) is 0 Å². The first-order valence-corrected chi connectivity index (χ1v) is 7.69. The van der Waals surface area contributed by atoms with E-state index in [4.69, 9.17) is 26.8 Å². The van der Waals surface area contributed by atoms with E-state index in [1.807, 2.05) is 42.5 Å². The number of ether oxygens (including phenoxy) is 2. The SMILES string of the molecule is COc1ccc(CC(N)C(=O)C(Cl)c2ccccc2)cc1OC. The van der Waals surface area contributed by atoms with Crippen molar-refractivity contribution in [2.45, 2.75) is 17.8 Å². The molecule has 4 nitrogen and oxygen atoms in total. The van der Waals surface area contributed by atoms with Gasteiger partial charge >= 0.3 is 0 Å². The fraction of sp³-hybridized carbons (Fsp3) is 0.278. The Balaban J connectivity index is 2.09. The van der Waals surface area contributed by atoms with Crippen molar-refractivity contribution in [2.75, 3.05) is 14.2 Å². The van der Waals surface area contributed by atoms with Gasteiger partial charge in [0.1, 0.15) is 5.38 Å². The largest absolute Gasteiger partial charge is 0.493 e. The smallest absolute Gasteiger partial charge is 0.172 e. The quantitative estimate of drug-likeness (QED) is 0.791. The normalized spacial score (nSPS) is 13.2. The molecule has 23 heavy (non-hydrogen) atoms. The molecule has 122 valence electrons. The highest BCUT2D eigenvalue weighted by molar-refractivity contribution is 6.31. The molecule has 0 aliphatic heterocycles. The topological polar surface area (TPSA) is 61.5 Å². The van der Waals surface area contributed by atoms with Crippen LogP contribution in [0.15, 0.2) is 48.5 Å². The first kappa shape index (κ1) is 17.3. The van der Waals surface area contributed by atoms with Gasteiger partial charge in [-0.15, -0.1) is 11.6 Å². The molecule has 0 radical (unpaired) electrons. The minimum atomic E-state index is -0.744. The lowest BCUT2D eigenvalue weighted by molar-refractivity contribution is -0.120. The molecule has 0 amide bonds. The van der Waals surface area contributed by atoms with Crippen LogP contribution in [0.1, 0.15) is 16.5 Å². The molecule has 0 spiro atoms. The summed E-state index contributed by atoms with van der Waals surface area (Å²) in [5.41, 5.74) is 7.68. The molecule has 0 aromatic heterocycles. The first-order valence-electron chi connectivity index (χ1n) is 7.26. The van der Waals surface area contributed by atoms with Crippen LogP contribution in [0, 0.1) is 0 Å². The maximum atomic E-state index is 12.4. The molecule has 2 atom stereocenters. The summed E-state index contributed by atoms with van der Waals surface area (Å²) in [6.45, 7) is 0. The van der Waals surface area contributed by atoms with Crippen LogP contribution in [-0.4, -0.2) is 26.0 Å². The molecule has 0 fully saturated rings. The third-order valence-corrected chi connectivity index (χ3v) is 4.08. The van der Waals surface area contributed by atoms with Crippen molar-refractivity contribution < 1.29 is 14.3 Å². The lowest BCUT2D eigenvalue weighted by atomic mass is 9.98. The number of hydrogen-bond acceptors (Lipinski definition) is 4. The van der Waals surface area contributed by atoms with Crippen LogP contribution in [-0.2, 0) is 11.2 Å². The van der Waals surface area contributed by atoms with E-state index in [0.717, 1.165) is 11.1 Å². The molecule has 2 aromatic rings. The van der Waals surface area contributed by atoms with Gasteiger partial charge in [0.25, 0.3) is 0 Å². The number of nitrogens with two attached hydrogens (primary N) is 1. The molecular weight excluding hydrogens is 314 g/mol. The Labute approximate surface area is 141 Å². The van der Waals surface area contributed by atoms with Gasteiger partial charge in [-0.2, -0.15) is 0 Å². The lowest BCUT2D eigenvalue weighted by Gasteiger charge is -2.16. The number of Topliss-reactive ketones (excluding diaryl/α,β-unsaturated/α-hetero) is 1. The highest BCUT2D eigenvalue weighted by Gasteiger charge is 2.24. The number of alkyl halides is 1. The van der Waals surface area contributed by atoms with Gasteiger partial charge < -0.3 is 15.2 Å².